The lowest BCUT2D eigenvalue weighted by atomic mass is 10.0. The van der Waals surface area contributed by atoms with Crippen LogP contribution in [0.1, 0.15) is 393 Å². The van der Waals surface area contributed by atoms with E-state index in [0.717, 1.165) is 96.3 Å². The SMILES string of the molecule is CC/C=C\C/C=C\C/C=C\C/C=C\C/C=C\C/C=C\C/C=C\C/C=C\C/C=C\CCCCCCCCCCCCCCCC(=O)OC(COC(=O)CCCCCCCCCCCCCCCCCCCCCCCCCCCCCCCCCCCC)COP(=O)([O-])OCC[N+](C)(C)C. The van der Waals surface area contributed by atoms with E-state index in [0.29, 0.717) is 17.4 Å². The molecule has 0 radical (unpaired) electrons. The molecule has 574 valence electrons. The van der Waals surface area contributed by atoms with E-state index in [1.54, 1.807) is 0 Å². The van der Waals surface area contributed by atoms with Crippen molar-refractivity contribution < 1.29 is 42.1 Å². The van der Waals surface area contributed by atoms with Crippen LogP contribution in [0.15, 0.2) is 109 Å². The van der Waals surface area contributed by atoms with Crippen molar-refractivity contribution in [3.63, 3.8) is 0 Å². The van der Waals surface area contributed by atoms with E-state index in [-0.39, 0.29) is 32.0 Å². The highest BCUT2D eigenvalue weighted by Crippen LogP contribution is 2.38. The van der Waals surface area contributed by atoms with Gasteiger partial charge in [-0.05, 0) is 83.5 Å². The number of hydrogen-bond acceptors (Lipinski definition) is 8. The summed E-state index contributed by atoms with van der Waals surface area (Å²) < 4.78 is 34.4. The van der Waals surface area contributed by atoms with Crippen LogP contribution in [0.2, 0.25) is 0 Å². The molecule has 10 heteroatoms. The van der Waals surface area contributed by atoms with E-state index in [9.17, 15) is 19.0 Å². The number of hydrogen-bond donors (Lipinski definition) is 0. The summed E-state index contributed by atoms with van der Waals surface area (Å²) in [4.78, 5) is 38.2. The highest BCUT2D eigenvalue weighted by molar-refractivity contribution is 7.45. The van der Waals surface area contributed by atoms with Crippen LogP contribution in [0, 0.1) is 0 Å². The molecule has 9 nitrogen and oxygen atoms in total. The zero-order valence-corrected chi connectivity index (χ0v) is 66.6. The minimum absolute atomic E-state index is 0.0323. The van der Waals surface area contributed by atoms with Crippen LogP contribution in [-0.2, 0) is 32.7 Å². The summed E-state index contributed by atoms with van der Waals surface area (Å²) in [6, 6.07) is 0. The zero-order valence-electron chi connectivity index (χ0n) is 65.7. The van der Waals surface area contributed by atoms with Gasteiger partial charge in [0.2, 0.25) is 0 Å². The number of allylic oxidation sites excluding steroid dienone is 18. The standard InChI is InChI=1S/C89H160NO8P/c1-6-8-10-12-14-16-18-20-22-24-26-28-30-32-34-36-38-40-42-43-44-45-46-47-48-50-52-54-56-58-60-62-64-66-68-70-72-74-76-78-80-82-89(92)98-87(86-97-99(93,94)96-84-83-90(3,4)5)85-95-88(91)81-79-77-75-73-71-69-67-65-63-61-59-57-55-53-51-49-41-39-37-35-33-31-29-27-25-23-21-19-17-15-13-11-9-7-2/h8,10,14,16,20,22,26,28,32,34,38,40,43-44,46-47,50,52,87H,6-7,9,11-13,15,17-19,21,23-25,27,29-31,33,35-37,39,41-42,45,48-49,51,53-86H2,1-5H3/b10-8-,16-14-,22-20-,28-26-,34-32-,40-38-,44-43-,47-46-,52-50-. The van der Waals surface area contributed by atoms with Gasteiger partial charge >= 0.3 is 11.9 Å². The van der Waals surface area contributed by atoms with Crippen LogP contribution < -0.4 is 4.89 Å². The van der Waals surface area contributed by atoms with Crippen molar-refractivity contribution in [1.82, 2.24) is 0 Å². The second kappa shape index (κ2) is 78.8. The van der Waals surface area contributed by atoms with Crippen molar-refractivity contribution in [2.75, 3.05) is 47.5 Å². The number of quaternary nitrogens is 1. The lowest BCUT2D eigenvalue weighted by Gasteiger charge is -2.28. The van der Waals surface area contributed by atoms with E-state index >= 15 is 0 Å². The maximum Gasteiger partial charge on any atom is 0.306 e. The van der Waals surface area contributed by atoms with Crippen molar-refractivity contribution in [2.24, 2.45) is 0 Å². The van der Waals surface area contributed by atoms with E-state index < -0.39 is 26.5 Å². The van der Waals surface area contributed by atoms with Crippen LogP contribution in [0.3, 0.4) is 0 Å². The molecule has 0 aromatic rings. The molecule has 0 bridgehead atoms. The van der Waals surface area contributed by atoms with Gasteiger partial charge in [-0.15, -0.1) is 0 Å². The number of rotatable bonds is 78. The molecular weight excluding hydrogens is 1240 g/mol. The Morgan fingerprint density at radius 3 is 0.859 bits per heavy atom. The van der Waals surface area contributed by atoms with Gasteiger partial charge in [-0.2, -0.15) is 0 Å². The third kappa shape index (κ3) is 83.5. The topological polar surface area (TPSA) is 111 Å². The predicted octanol–water partition coefficient (Wildman–Crippen LogP) is 27.7. The molecule has 0 saturated carbocycles. The Bertz CT molecular complexity index is 2040. The molecule has 0 spiro atoms. The van der Waals surface area contributed by atoms with Gasteiger partial charge < -0.3 is 27.9 Å². The molecule has 0 amide bonds. The summed E-state index contributed by atoms with van der Waals surface area (Å²) in [5, 5.41) is 0. The van der Waals surface area contributed by atoms with Gasteiger partial charge in [-0.1, -0.05) is 406 Å². The number of carbonyl (C=O) groups is 2. The second-order valence-corrected chi connectivity index (χ2v) is 30.9. The van der Waals surface area contributed by atoms with Crippen LogP contribution in [-0.4, -0.2) is 70.0 Å². The smallest absolute Gasteiger partial charge is 0.306 e. The van der Waals surface area contributed by atoms with Crippen LogP contribution in [0.4, 0.5) is 0 Å². The van der Waals surface area contributed by atoms with E-state index in [1.165, 1.54) is 263 Å². The minimum atomic E-state index is -4.65. The van der Waals surface area contributed by atoms with Crippen molar-refractivity contribution in [3.05, 3.63) is 109 Å². The quantitative estimate of drug-likeness (QED) is 0.0195. The molecule has 0 aromatic heterocycles. The maximum absolute atomic E-state index is 12.9. The monoisotopic (exact) mass is 1400 g/mol. The first-order valence-corrected chi connectivity index (χ1v) is 43.6. The Morgan fingerprint density at radius 1 is 0.323 bits per heavy atom. The first-order valence-electron chi connectivity index (χ1n) is 42.1. The molecule has 2 atom stereocenters. The Labute approximate surface area is 614 Å². The van der Waals surface area contributed by atoms with E-state index in [4.69, 9.17) is 18.5 Å². The van der Waals surface area contributed by atoms with Gasteiger partial charge in [0, 0.05) is 12.8 Å². The van der Waals surface area contributed by atoms with Crippen molar-refractivity contribution in [2.45, 2.75) is 399 Å². The Hall–Kier alpha value is -3.33. The number of phosphoric acid groups is 1. The lowest BCUT2D eigenvalue weighted by Crippen LogP contribution is -2.37. The summed E-state index contributed by atoms with van der Waals surface area (Å²) in [6.07, 6.45) is 112. The van der Waals surface area contributed by atoms with Gasteiger partial charge in [0.25, 0.3) is 7.82 Å². The molecule has 0 aliphatic rings. The summed E-state index contributed by atoms with van der Waals surface area (Å²) in [5.41, 5.74) is 0. The van der Waals surface area contributed by atoms with Gasteiger partial charge in [-0.25, -0.2) is 0 Å². The lowest BCUT2D eigenvalue weighted by molar-refractivity contribution is -0.870. The molecule has 0 heterocycles. The fraction of sp³-hybridized carbons (Fsp3) is 0.775. The van der Waals surface area contributed by atoms with Crippen molar-refractivity contribution in [3.8, 4) is 0 Å². The number of phosphoric ester groups is 1. The van der Waals surface area contributed by atoms with Gasteiger partial charge in [-0.3, -0.25) is 14.2 Å². The summed E-state index contributed by atoms with van der Waals surface area (Å²) in [5.74, 6) is -0.820. The highest BCUT2D eigenvalue weighted by Gasteiger charge is 2.22. The number of unbranched alkanes of at least 4 members (excludes halogenated alkanes) is 46. The minimum Gasteiger partial charge on any atom is -0.756 e. The van der Waals surface area contributed by atoms with E-state index in [2.05, 4.69) is 123 Å². The third-order valence-electron chi connectivity index (χ3n) is 18.6. The number of likely N-dealkylation sites (N-methyl/N-ethyl adjacent to an activating group) is 1. The predicted molar refractivity (Wildman–Crippen MR) is 429 cm³/mol. The summed E-state index contributed by atoms with van der Waals surface area (Å²) in [6.45, 7) is 4.18. The average molecular weight is 1400 g/mol. The third-order valence-corrected chi connectivity index (χ3v) is 19.5. The molecule has 99 heavy (non-hydrogen) atoms. The maximum atomic E-state index is 12.9. The Kier molecular flexibility index (Phi) is 76.1. The second-order valence-electron chi connectivity index (χ2n) is 29.5. The first kappa shape index (κ1) is 95.7. The average Bonchev–Trinajstić information content (AvgIpc) is 0.987. The summed E-state index contributed by atoms with van der Waals surface area (Å²) >= 11 is 0. The first-order chi connectivity index (χ1) is 48.5. The van der Waals surface area contributed by atoms with Crippen molar-refractivity contribution >= 4 is 19.8 Å². The number of esters is 2. The molecule has 0 N–H and O–H groups in total. The molecule has 0 aliphatic heterocycles. The van der Waals surface area contributed by atoms with Gasteiger partial charge in [0.15, 0.2) is 6.10 Å². The van der Waals surface area contributed by atoms with E-state index in [1.807, 2.05) is 21.1 Å². The Balaban J connectivity index is 3.95. The van der Waals surface area contributed by atoms with Crippen LogP contribution >= 0.6 is 7.82 Å². The molecule has 0 aliphatic carbocycles. The number of carbonyl (C=O) groups excluding carboxylic acids is 2. The molecule has 2 unspecified atom stereocenters. The van der Waals surface area contributed by atoms with Gasteiger partial charge in [0.1, 0.15) is 19.8 Å². The van der Waals surface area contributed by atoms with Crippen LogP contribution in [0.25, 0.3) is 0 Å². The molecule has 0 fully saturated rings. The molecule has 0 saturated heterocycles. The summed E-state index contributed by atoms with van der Waals surface area (Å²) in [7, 11) is 1.17. The molecule has 0 rings (SSSR count). The molecular formula is C89H160NO8P. The fourth-order valence-corrected chi connectivity index (χ4v) is 12.9. The number of nitrogens with zero attached hydrogens (tertiary/aromatic N) is 1. The van der Waals surface area contributed by atoms with Crippen LogP contribution in [0.5, 0.6) is 0 Å². The molecule has 0 aromatic carbocycles. The fourth-order valence-electron chi connectivity index (χ4n) is 12.2. The largest absolute Gasteiger partial charge is 0.756 e. The van der Waals surface area contributed by atoms with Gasteiger partial charge in [0.05, 0.1) is 27.7 Å². The Morgan fingerprint density at radius 2 is 0.576 bits per heavy atom. The normalized spacial score (nSPS) is 13.6. The highest BCUT2D eigenvalue weighted by atomic mass is 31.2. The number of ether oxygens (including phenoxy) is 2. The van der Waals surface area contributed by atoms with Crippen molar-refractivity contribution in [1.29, 1.82) is 0 Å². The zero-order chi connectivity index (χ0) is 71.8.